The highest BCUT2D eigenvalue weighted by Crippen LogP contribution is 2.00. The van der Waals surface area contributed by atoms with Crippen molar-refractivity contribution < 1.29 is 0 Å². The largest absolute Gasteiger partial charge is 0.308 e. The summed E-state index contributed by atoms with van der Waals surface area (Å²) in [7, 11) is 17.3. The van der Waals surface area contributed by atoms with Crippen molar-refractivity contribution in [2.75, 3.05) is 122 Å². The lowest BCUT2D eigenvalue weighted by Gasteiger charge is -2.27. The van der Waals surface area contributed by atoms with Crippen molar-refractivity contribution in [2.24, 2.45) is 0 Å². The van der Waals surface area contributed by atoms with Crippen LogP contribution in [0.1, 0.15) is 12.8 Å². The fourth-order valence-corrected chi connectivity index (χ4v) is 2.71. The van der Waals surface area contributed by atoms with E-state index in [2.05, 4.69) is 85.8 Å². The molecule has 0 rings (SSSR count). The van der Waals surface area contributed by atoms with Gasteiger partial charge in [0.1, 0.15) is 0 Å². The van der Waals surface area contributed by atoms with E-state index in [-0.39, 0.29) is 0 Å². The van der Waals surface area contributed by atoms with Gasteiger partial charge in [0, 0.05) is 52.4 Å². The lowest BCUT2D eigenvalue weighted by atomic mass is 10.2. The second-order valence-electron chi connectivity index (χ2n) is 8.60. The predicted octanol–water partition coefficient (Wildman–Crippen LogP) is 0.617. The Morgan fingerprint density at radius 3 is 0.731 bits per heavy atom. The molecule has 26 heavy (non-hydrogen) atoms. The first-order chi connectivity index (χ1) is 12.2. The van der Waals surface area contributed by atoms with Crippen molar-refractivity contribution in [3.63, 3.8) is 0 Å². The number of nitrogens with zero attached hydrogens (tertiary/aromatic N) is 6. The number of hydrogen-bond donors (Lipinski definition) is 0. The van der Waals surface area contributed by atoms with E-state index in [1.165, 1.54) is 52.1 Å². The number of likely N-dealkylation sites (N-methyl/N-ethyl adjacent to an activating group) is 4. The van der Waals surface area contributed by atoms with E-state index in [1.807, 2.05) is 0 Å². The Morgan fingerprint density at radius 2 is 0.538 bits per heavy atom. The molecule has 0 spiro atoms. The molecule has 0 saturated carbocycles. The van der Waals surface area contributed by atoms with Crippen LogP contribution in [0.25, 0.3) is 0 Å². The molecule has 0 aromatic rings. The number of hydrogen-bond acceptors (Lipinski definition) is 6. The Hall–Kier alpha value is -0.240. The second-order valence-corrected chi connectivity index (χ2v) is 8.60. The maximum atomic E-state index is 2.63. The van der Waals surface area contributed by atoms with Gasteiger partial charge in [-0.3, -0.25) is 0 Å². The Kier molecular flexibility index (Phi) is 15.6. The van der Waals surface area contributed by atoms with Gasteiger partial charge in [-0.25, -0.2) is 0 Å². The lowest BCUT2D eigenvalue weighted by Crippen LogP contribution is -2.38. The summed E-state index contributed by atoms with van der Waals surface area (Å²) < 4.78 is 0. The van der Waals surface area contributed by atoms with Crippen molar-refractivity contribution in [2.45, 2.75) is 12.8 Å². The van der Waals surface area contributed by atoms with E-state index in [9.17, 15) is 0 Å². The Bertz CT molecular complexity index is 253. The van der Waals surface area contributed by atoms with Gasteiger partial charge in [-0.15, -0.1) is 0 Å². The van der Waals surface area contributed by atoms with Gasteiger partial charge in [-0.1, -0.05) is 0 Å². The van der Waals surface area contributed by atoms with Crippen LogP contribution in [0.5, 0.6) is 0 Å². The molecule has 6 nitrogen and oxygen atoms in total. The van der Waals surface area contributed by atoms with Gasteiger partial charge in [0.05, 0.1) is 0 Å². The smallest absolute Gasteiger partial charge is 0.0110 e. The molecule has 0 aromatic heterocycles. The Labute approximate surface area is 164 Å². The van der Waals surface area contributed by atoms with Gasteiger partial charge in [-0.2, -0.15) is 0 Å². The van der Waals surface area contributed by atoms with Crippen LogP contribution in [0.2, 0.25) is 0 Å². The molecule has 0 radical (unpaired) electrons. The van der Waals surface area contributed by atoms with Crippen LogP contribution >= 0.6 is 0 Å². The summed E-state index contributed by atoms with van der Waals surface area (Å²) >= 11 is 0. The minimum Gasteiger partial charge on any atom is -0.308 e. The molecule has 0 aliphatic carbocycles. The Balaban J connectivity index is 4.21. The van der Waals surface area contributed by atoms with Crippen molar-refractivity contribution in [1.82, 2.24) is 29.4 Å². The minimum absolute atomic E-state index is 1.14. The molecular weight excluding hydrogens is 324 g/mol. The first-order valence-corrected chi connectivity index (χ1v) is 10.2. The zero-order valence-electron chi connectivity index (χ0n) is 19.2. The van der Waals surface area contributed by atoms with Crippen LogP contribution in [-0.2, 0) is 0 Å². The number of rotatable bonds is 17. The van der Waals surface area contributed by atoms with Crippen LogP contribution in [0, 0.1) is 0 Å². The minimum atomic E-state index is 1.14. The maximum absolute atomic E-state index is 2.63. The van der Waals surface area contributed by atoms with Crippen molar-refractivity contribution >= 4 is 0 Å². The highest BCUT2D eigenvalue weighted by molar-refractivity contribution is 4.65. The lowest BCUT2D eigenvalue weighted by molar-refractivity contribution is 0.196. The van der Waals surface area contributed by atoms with Crippen LogP contribution < -0.4 is 0 Å². The molecular formula is C20H48N6. The molecule has 0 N–H and O–H groups in total. The molecule has 0 fully saturated rings. The van der Waals surface area contributed by atoms with E-state index in [0.29, 0.717) is 0 Å². The molecule has 0 aromatic carbocycles. The van der Waals surface area contributed by atoms with E-state index < -0.39 is 0 Å². The highest BCUT2D eigenvalue weighted by atomic mass is 15.2. The van der Waals surface area contributed by atoms with Crippen molar-refractivity contribution in [1.29, 1.82) is 0 Å². The average Bonchev–Trinajstić information content (AvgIpc) is 2.54. The molecule has 0 aliphatic rings. The Morgan fingerprint density at radius 1 is 0.308 bits per heavy atom. The summed E-state index contributed by atoms with van der Waals surface area (Å²) in [6, 6.07) is 0. The maximum Gasteiger partial charge on any atom is 0.0110 e. The van der Waals surface area contributed by atoms with E-state index in [0.717, 1.165) is 26.2 Å². The third-order valence-electron chi connectivity index (χ3n) is 4.65. The van der Waals surface area contributed by atoms with E-state index in [1.54, 1.807) is 0 Å². The topological polar surface area (TPSA) is 19.4 Å². The summed E-state index contributed by atoms with van der Waals surface area (Å²) in [4.78, 5) is 14.4. The standard InChI is InChI=1S/C20H48N6/c1-21(2)13-17-25(18-14-22(3)4)11-9-10-12-26(19-15-23(5)6)20-16-24(7)8/h9-20H2,1-8H3. The first kappa shape index (κ1) is 25.8. The molecule has 158 valence electrons. The van der Waals surface area contributed by atoms with Crippen LogP contribution in [0.3, 0.4) is 0 Å². The zero-order valence-corrected chi connectivity index (χ0v) is 19.2. The molecule has 0 atom stereocenters. The fourth-order valence-electron chi connectivity index (χ4n) is 2.71. The summed E-state index contributed by atoms with van der Waals surface area (Å²) in [5.41, 5.74) is 0. The molecule has 0 bridgehead atoms. The molecule has 6 heteroatoms. The summed E-state index contributed by atoms with van der Waals surface area (Å²) in [6.45, 7) is 11.7. The first-order valence-electron chi connectivity index (χ1n) is 10.2. The second kappa shape index (κ2) is 15.8. The van der Waals surface area contributed by atoms with Gasteiger partial charge in [0.25, 0.3) is 0 Å². The summed E-state index contributed by atoms with van der Waals surface area (Å²) in [5, 5.41) is 0. The fraction of sp³-hybridized carbons (Fsp3) is 1.00. The summed E-state index contributed by atoms with van der Waals surface area (Å²) in [5.74, 6) is 0. The van der Waals surface area contributed by atoms with Gasteiger partial charge in [0.15, 0.2) is 0 Å². The SMILES string of the molecule is CN(C)CCN(CCCCN(CCN(C)C)CCN(C)C)CCN(C)C. The summed E-state index contributed by atoms with van der Waals surface area (Å²) in [6.07, 6.45) is 2.59. The third-order valence-corrected chi connectivity index (χ3v) is 4.65. The van der Waals surface area contributed by atoms with Crippen LogP contribution in [0.4, 0.5) is 0 Å². The van der Waals surface area contributed by atoms with Gasteiger partial charge >= 0.3 is 0 Å². The van der Waals surface area contributed by atoms with Gasteiger partial charge in [-0.05, 0) is 82.3 Å². The van der Waals surface area contributed by atoms with Crippen molar-refractivity contribution in [3.8, 4) is 0 Å². The zero-order chi connectivity index (χ0) is 19.9. The van der Waals surface area contributed by atoms with Crippen molar-refractivity contribution in [3.05, 3.63) is 0 Å². The van der Waals surface area contributed by atoms with Gasteiger partial charge < -0.3 is 29.4 Å². The van der Waals surface area contributed by atoms with Crippen LogP contribution in [0.15, 0.2) is 0 Å². The monoisotopic (exact) mass is 372 g/mol. The molecule has 0 aliphatic heterocycles. The van der Waals surface area contributed by atoms with Crippen LogP contribution in [-0.4, -0.2) is 151 Å². The normalized spacial score (nSPS) is 12.7. The highest BCUT2D eigenvalue weighted by Gasteiger charge is 2.09. The predicted molar refractivity (Wildman–Crippen MR) is 116 cm³/mol. The molecule has 0 amide bonds. The average molecular weight is 373 g/mol. The van der Waals surface area contributed by atoms with E-state index >= 15 is 0 Å². The quantitative estimate of drug-likeness (QED) is 0.346. The molecule has 0 heterocycles. The number of unbranched alkanes of at least 4 members (excludes halogenated alkanes) is 1. The third kappa shape index (κ3) is 17.2. The van der Waals surface area contributed by atoms with E-state index in [4.69, 9.17) is 0 Å². The molecule has 0 unspecified atom stereocenters. The molecule has 0 saturated heterocycles. The van der Waals surface area contributed by atoms with Gasteiger partial charge in [0.2, 0.25) is 0 Å².